The maximum Gasteiger partial charge on any atom is 0.191 e. The van der Waals surface area contributed by atoms with Crippen LogP contribution in [0.5, 0.6) is 0 Å². The van der Waals surface area contributed by atoms with Gasteiger partial charge in [-0.1, -0.05) is 51.5 Å². The molecule has 1 aromatic carbocycles. The fourth-order valence-electron chi connectivity index (χ4n) is 2.44. The minimum atomic E-state index is 0.721. The Bertz CT molecular complexity index is 452. The van der Waals surface area contributed by atoms with E-state index in [2.05, 4.69) is 67.5 Å². The van der Waals surface area contributed by atoms with Gasteiger partial charge in [0, 0.05) is 19.6 Å². The molecule has 0 aliphatic heterocycles. The van der Waals surface area contributed by atoms with Gasteiger partial charge >= 0.3 is 0 Å². The van der Waals surface area contributed by atoms with Gasteiger partial charge < -0.3 is 10.6 Å². The summed E-state index contributed by atoms with van der Waals surface area (Å²) < 4.78 is 0. The van der Waals surface area contributed by atoms with Crippen LogP contribution >= 0.6 is 0 Å². The number of guanidine groups is 1. The van der Waals surface area contributed by atoms with Gasteiger partial charge in [-0.25, -0.2) is 4.99 Å². The van der Waals surface area contributed by atoms with Crippen molar-refractivity contribution in [1.82, 2.24) is 15.5 Å². The van der Waals surface area contributed by atoms with Crippen LogP contribution in [0.1, 0.15) is 51.7 Å². The van der Waals surface area contributed by atoms with Crippen molar-refractivity contribution in [2.24, 2.45) is 4.99 Å². The standard InChI is InChI=1S/C19H34N4/c1-5-9-14-21-19(20-6-2)22-15-17-12-10-11-13-18(17)16-23(7-3)8-4/h10-13H,5-9,14-16H2,1-4H3,(H2,20,21,22). The first-order chi connectivity index (χ1) is 11.2. The Morgan fingerprint density at radius 1 is 1.00 bits per heavy atom. The van der Waals surface area contributed by atoms with Crippen molar-refractivity contribution in [3.8, 4) is 0 Å². The minimum absolute atomic E-state index is 0.721. The Morgan fingerprint density at radius 3 is 2.30 bits per heavy atom. The van der Waals surface area contributed by atoms with E-state index < -0.39 is 0 Å². The fourth-order valence-corrected chi connectivity index (χ4v) is 2.44. The van der Waals surface area contributed by atoms with Gasteiger partial charge in [-0.05, 0) is 37.6 Å². The Balaban J connectivity index is 2.74. The molecule has 0 bridgehead atoms. The number of nitrogens with one attached hydrogen (secondary N) is 2. The molecule has 0 aromatic heterocycles. The SMILES string of the molecule is CCCCNC(=NCc1ccccc1CN(CC)CC)NCC. The van der Waals surface area contributed by atoms with Gasteiger partial charge in [0.1, 0.15) is 0 Å². The number of aliphatic imine (C=N–C) groups is 1. The number of nitrogens with zero attached hydrogens (tertiary/aromatic N) is 2. The molecule has 4 nitrogen and oxygen atoms in total. The summed E-state index contributed by atoms with van der Waals surface area (Å²) in [6, 6.07) is 8.64. The van der Waals surface area contributed by atoms with Crippen LogP contribution in [-0.2, 0) is 13.1 Å². The highest BCUT2D eigenvalue weighted by atomic mass is 15.2. The number of unbranched alkanes of at least 4 members (excludes halogenated alkanes) is 1. The van der Waals surface area contributed by atoms with Crippen LogP contribution in [0.4, 0.5) is 0 Å². The zero-order chi connectivity index (χ0) is 16.9. The smallest absolute Gasteiger partial charge is 0.191 e. The third-order valence-corrected chi connectivity index (χ3v) is 3.98. The normalized spacial score (nSPS) is 11.8. The quantitative estimate of drug-likeness (QED) is 0.395. The van der Waals surface area contributed by atoms with Crippen LogP contribution in [0.3, 0.4) is 0 Å². The lowest BCUT2D eigenvalue weighted by Crippen LogP contribution is -2.37. The molecule has 0 heterocycles. The highest BCUT2D eigenvalue weighted by Gasteiger charge is 2.06. The van der Waals surface area contributed by atoms with Gasteiger partial charge in [-0.3, -0.25) is 4.90 Å². The van der Waals surface area contributed by atoms with Gasteiger partial charge in [0.2, 0.25) is 0 Å². The van der Waals surface area contributed by atoms with Crippen LogP contribution < -0.4 is 10.6 Å². The number of benzene rings is 1. The minimum Gasteiger partial charge on any atom is -0.357 e. The third-order valence-electron chi connectivity index (χ3n) is 3.98. The third kappa shape index (κ3) is 7.51. The van der Waals surface area contributed by atoms with Gasteiger partial charge in [0.25, 0.3) is 0 Å². The van der Waals surface area contributed by atoms with E-state index in [0.29, 0.717) is 0 Å². The molecule has 0 radical (unpaired) electrons. The summed E-state index contributed by atoms with van der Waals surface area (Å²) in [6.45, 7) is 14.5. The molecule has 23 heavy (non-hydrogen) atoms. The molecule has 0 amide bonds. The maximum absolute atomic E-state index is 4.75. The summed E-state index contributed by atoms with van der Waals surface area (Å²) in [5.41, 5.74) is 2.69. The highest BCUT2D eigenvalue weighted by Crippen LogP contribution is 2.13. The van der Waals surface area contributed by atoms with Crippen LogP contribution in [0.2, 0.25) is 0 Å². The van der Waals surface area contributed by atoms with Gasteiger partial charge in [-0.2, -0.15) is 0 Å². The Morgan fingerprint density at radius 2 is 1.70 bits per heavy atom. The topological polar surface area (TPSA) is 39.7 Å². The fraction of sp³-hybridized carbons (Fsp3) is 0.632. The van der Waals surface area contributed by atoms with E-state index in [0.717, 1.165) is 45.2 Å². The monoisotopic (exact) mass is 318 g/mol. The zero-order valence-corrected chi connectivity index (χ0v) is 15.4. The molecule has 0 spiro atoms. The molecular weight excluding hydrogens is 284 g/mol. The number of rotatable bonds is 10. The molecule has 2 N–H and O–H groups in total. The van der Waals surface area contributed by atoms with Crippen molar-refractivity contribution in [2.75, 3.05) is 26.2 Å². The molecule has 130 valence electrons. The molecule has 1 rings (SSSR count). The van der Waals surface area contributed by atoms with Crippen LogP contribution in [-0.4, -0.2) is 37.0 Å². The Hall–Kier alpha value is -1.55. The Labute approximate surface area is 142 Å². The van der Waals surface area contributed by atoms with E-state index in [1.807, 2.05) is 0 Å². The zero-order valence-electron chi connectivity index (χ0n) is 15.4. The molecule has 0 saturated heterocycles. The van der Waals surface area contributed by atoms with Crippen molar-refractivity contribution in [2.45, 2.75) is 53.6 Å². The van der Waals surface area contributed by atoms with Crippen molar-refractivity contribution >= 4 is 5.96 Å². The second kappa shape index (κ2) is 11.9. The first-order valence-corrected chi connectivity index (χ1v) is 9.06. The van der Waals surface area contributed by atoms with Crippen LogP contribution in [0.15, 0.2) is 29.3 Å². The predicted octanol–water partition coefficient (Wildman–Crippen LogP) is 3.38. The number of hydrogen-bond acceptors (Lipinski definition) is 2. The summed E-state index contributed by atoms with van der Waals surface area (Å²) in [7, 11) is 0. The lowest BCUT2D eigenvalue weighted by atomic mass is 10.1. The van der Waals surface area contributed by atoms with Gasteiger partial charge in [-0.15, -0.1) is 0 Å². The largest absolute Gasteiger partial charge is 0.357 e. The maximum atomic E-state index is 4.75. The van der Waals surface area contributed by atoms with Gasteiger partial charge in [0.15, 0.2) is 5.96 Å². The average molecular weight is 319 g/mol. The molecule has 0 aliphatic carbocycles. The molecule has 0 unspecified atom stereocenters. The van der Waals surface area contributed by atoms with Crippen molar-refractivity contribution < 1.29 is 0 Å². The molecule has 0 saturated carbocycles. The second-order valence-electron chi connectivity index (χ2n) is 5.71. The van der Waals surface area contributed by atoms with Crippen LogP contribution in [0.25, 0.3) is 0 Å². The van der Waals surface area contributed by atoms with E-state index in [1.165, 1.54) is 24.0 Å². The van der Waals surface area contributed by atoms with Crippen molar-refractivity contribution in [3.63, 3.8) is 0 Å². The number of hydrogen-bond donors (Lipinski definition) is 2. The van der Waals surface area contributed by atoms with Crippen LogP contribution in [0, 0.1) is 0 Å². The van der Waals surface area contributed by atoms with Gasteiger partial charge in [0.05, 0.1) is 6.54 Å². The summed E-state index contributed by atoms with van der Waals surface area (Å²) in [5, 5.41) is 6.73. The molecular formula is C19H34N4. The highest BCUT2D eigenvalue weighted by molar-refractivity contribution is 5.79. The molecule has 0 atom stereocenters. The summed E-state index contributed by atoms with van der Waals surface area (Å²) in [6.07, 6.45) is 2.36. The van der Waals surface area contributed by atoms with Crippen molar-refractivity contribution in [3.05, 3.63) is 35.4 Å². The predicted molar refractivity (Wildman–Crippen MR) is 101 cm³/mol. The van der Waals surface area contributed by atoms with Crippen molar-refractivity contribution in [1.29, 1.82) is 0 Å². The summed E-state index contributed by atoms with van der Waals surface area (Å²) in [5.74, 6) is 0.915. The molecule has 0 fully saturated rings. The lowest BCUT2D eigenvalue weighted by molar-refractivity contribution is 0.295. The molecule has 1 aromatic rings. The van der Waals surface area contributed by atoms with E-state index in [1.54, 1.807) is 0 Å². The summed E-state index contributed by atoms with van der Waals surface area (Å²) >= 11 is 0. The van der Waals surface area contributed by atoms with E-state index >= 15 is 0 Å². The summed E-state index contributed by atoms with van der Waals surface area (Å²) in [4.78, 5) is 7.19. The second-order valence-corrected chi connectivity index (χ2v) is 5.71. The molecule has 0 aliphatic rings. The van der Waals surface area contributed by atoms with E-state index in [4.69, 9.17) is 4.99 Å². The Kier molecular flexibility index (Phi) is 10.1. The first-order valence-electron chi connectivity index (χ1n) is 9.06. The molecule has 4 heteroatoms. The van der Waals surface area contributed by atoms with E-state index in [-0.39, 0.29) is 0 Å². The lowest BCUT2D eigenvalue weighted by Gasteiger charge is -2.20. The first kappa shape index (κ1) is 19.5. The van der Waals surface area contributed by atoms with E-state index in [9.17, 15) is 0 Å². The average Bonchev–Trinajstić information content (AvgIpc) is 2.58.